The van der Waals surface area contributed by atoms with Crippen molar-refractivity contribution >= 4 is 34.5 Å². The number of ketones is 1. The zero-order valence-corrected chi connectivity index (χ0v) is 20.9. The van der Waals surface area contributed by atoms with Crippen molar-refractivity contribution in [3.8, 4) is 5.75 Å². The molecule has 5 nitrogen and oxygen atoms in total. The molecule has 2 aromatic carbocycles. The topological polar surface area (TPSA) is 66.8 Å². The molecule has 0 saturated carbocycles. The van der Waals surface area contributed by atoms with Crippen LogP contribution in [0.25, 0.3) is 5.76 Å². The van der Waals surface area contributed by atoms with Gasteiger partial charge in [0.15, 0.2) is 0 Å². The normalized spacial score (nSPS) is 17.6. The number of anilines is 1. The lowest BCUT2D eigenvalue weighted by molar-refractivity contribution is -0.132. The Hall–Kier alpha value is -3.38. The standard InChI is InChI=1S/C28H29NO4S/c1-16(2)15-33-22-12-11-20(14-18(22)4)26(30)24-25(23-10-7-13-34-23)29(28(32)27(24)31)21-9-6-8-17(3)19(21)5/h6-14,16,25,30H,15H2,1-5H3/b26-24-. The van der Waals surface area contributed by atoms with E-state index in [9.17, 15) is 14.7 Å². The molecule has 0 spiro atoms. The maximum atomic E-state index is 13.3. The van der Waals surface area contributed by atoms with Crippen molar-refractivity contribution in [1.82, 2.24) is 0 Å². The van der Waals surface area contributed by atoms with Gasteiger partial charge < -0.3 is 9.84 Å². The molecule has 0 radical (unpaired) electrons. The molecule has 6 heteroatoms. The summed E-state index contributed by atoms with van der Waals surface area (Å²) >= 11 is 1.45. The number of thiophene rings is 1. The van der Waals surface area contributed by atoms with Gasteiger partial charge in [-0.05, 0) is 79.1 Å². The highest BCUT2D eigenvalue weighted by Crippen LogP contribution is 2.44. The van der Waals surface area contributed by atoms with Crippen LogP contribution in [-0.4, -0.2) is 23.4 Å². The summed E-state index contributed by atoms with van der Waals surface area (Å²) in [7, 11) is 0. The van der Waals surface area contributed by atoms with Gasteiger partial charge in [-0.25, -0.2) is 0 Å². The van der Waals surface area contributed by atoms with Gasteiger partial charge in [-0.3, -0.25) is 14.5 Å². The number of aliphatic hydroxyl groups is 1. The zero-order chi connectivity index (χ0) is 24.6. The van der Waals surface area contributed by atoms with Crippen LogP contribution in [0.1, 0.15) is 47.0 Å². The molecule has 176 valence electrons. The number of amides is 1. The van der Waals surface area contributed by atoms with Crippen LogP contribution in [0.15, 0.2) is 59.5 Å². The number of benzene rings is 2. The highest BCUT2D eigenvalue weighted by Gasteiger charge is 2.47. The van der Waals surface area contributed by atoms with Crippen LogP contribution < -0.4 is 9.64 Å². The second kappa shape index (κ2) is 9.47. The quantitative estimate of drug-likeness (QED) is 0.257. The molecule has 2 heterocycles. The van der Waals surface area contributed by atoms with E-state index in [0.717, 1.165) is 27.3 Å². The number of Topliss-reactive ketones (excluding diaryl/α,β-unsaturated/α-hetero) is 1. The molecule has 1 amide bonds. The van der Waals surface area contributed by atoms with E-state index < -0.39 is 17.7 Å². The van der Waals surface area contributed by atoms with Crippen LogP contribution >= 0.6 is 11.3 Å². The number of rotatable bonds is 6. The van der Waals surface area contributed by atoms with E-state index in [1.807, 2.05) is 56.5 Å². The van der Waals surface area contributed by atoms with Gasteiger partial charge >= 0.3 is 0 Å². The minimum absolute atomic E-state index is 0.101. The lowest BCUT2D eigenvalue weighted by atomic mass is 9.98. The van der Waals surface area contributed by atoms with E-state index in [2.05, 4.69) is 13.8 Å². The van der Waals surface area contributed by atoms with Crippen molar-refractivity contribution in [1.29, 1.82) is 0 Å². The minimum atomic E-state index is -0.697. The summed E-state index contributed by atoms with van der Waals surface area (Å²) in [5.41, 5.74) is 4.05. The Labute approximate surface area is 204 Å². The maximum Gasteiger partial charge on any atom is 0.300 e. The molecule has 0 aliphatic carbocycles. The van der Waals surface area contributed by atoms with Crippen LogP contribution in [0.4, 0.5) is 5.69 Å². The summed E-state index contributed by atoms with van der Waals surface area (Å²) in [6.07, 6.45) is 0. The van der Waals surface area contributed by atoms with Gasteiger partial charge in [-0.1, -0.05) is 32.0 Å². The van der Waals surface area contributed by atoms with Crippen LogP contribution in [0.2, 0.25) is 0 Å². The molecule has 0 bridgehead atoms. The molecule has 1 fully saturated rings. The molecule has 1 unspecified atom stereocenters. The van der Waals surface area contributed by atoms with E-state index in [-0.39, 0.29) is 11.3 Å². The largest absolute Gasteiger partial charge is 0.507 e. The predicted molar refractivity (Wildman–Crippen MR) is 137 cm³/mol. The third kappa shape index (κ3) is 4.26. The monoisotopic (exact) mass is 475 g/mol. The van der Waals surface area contributed by atoms with Crippen LogP contribution in [0.5, 0.6) is 5.75 Å². The number of aliphatic hydroxyl groups excluding tert-OH is 1. The summed E-state index contributed by atoms with van der Waals surface area (Å²) < 4.78 is 5.85. The predicted octanol–water partition coefficient (Wildman–Crippen LogP) is 6.33. The molecule has 34 heavy (non-hydrogen) atoms. The van der Waals surface area contributed by atoms with Gasteiger partial charge in [-0.2, -0.15) is 0 Å². The first-order valence-electron chi connectivity index (χ1n) is 11.3. The minimum Gasteiger partial charge on any atom is -0.507 e. The van der Waals surface area contributed by atoms with Crippen LogP contribution in [-0.2, 0) is 9.59 Å². The van der Waals surface area contributed by atoms with Crippen LogP contribution in [0.3, 0.4) is 0 Å². The van der Waals surface area contributed by atoms with Crippen molar-refractivity contribution in [2.75, 3.05) is 11.5 Å². The average Bonchev–Trinajstić information content (AvgIpc) is 3.41. The molecule has 1 aliphatic rings. The summed E-state index contributed by atoms with van der Waals surface area (Å²) in [6, 6.07) is 14.1. The highest BCUT2D eigenvalue weighted by molar-refractivity contribution is 7.10. The molecular weight excluding hydrogens is 446 g/mol. The zero-order valence-electron chi connectivity index (χ0n) is 20.1. The Morgan fingerprint density at radius 1 is 1.06 bits per heavy atom. The fraction of sp³-hybridized carbons (Fsp3) is 0.286. The van der Waals surface area contributed by atoms with Crippen LogP contribution in [0, 0.1) is 26.7 Å². The number of nitrogens with zero attached hydrogens (tertiary/aromatic N) is 1. The SMILES string of the molecule is Cc1cc(/C(O)=C2/C(=O)C(=O)N(c3cccc(C)c3C)C2c2cccs2)ccc1OCC(C)C. The Bertz CT molecular complexity index is 1270. The first-order valence-corrected chi connectivity index (χ1v) is 12.2. The van der Waals surface area contributed by atoms with Gasteiger partial charge in [0.2, 0.25) is 0 Å². The number of ether oxygens (including phenoxy) is 1. The lowest BCUT2D eigenvalue weighted by Gasteiger charge is -2.26. The number of hydrogen-bond acceptors (Lipinski definition) is 5. The lowest BCUT2D eigenvalue weighted by Crippen LogP contribution is -2.29. The summed E-state index contributed by atoms with van der Waals surface area (Å²) in [4.78, 5) is 29.0. The van der Waals surface area contributed by atoms with Crippen molar-refractivity contribution in [3.05, 3.63) is 86.6 Å². The fourth-order valence-electron chi connectivity index (χ4n) is 4.16. The molecule has 4 rings (SSSR count). The van der Waals surface area contributed by atoms with E-state index in [0.29, 0.717) is 23.8 Å². The number of hydrogen-bond donors (Lipinski definition) is 1. The second-order valence-electron chi connectivity index (χ2n) is 9.09. The third-order valence-electron chi connectivity index (χ3n) is 6.11. The van der Waals surface area contributed by atoms with Gasteiger partial charge in [0.1, 0.15) is 17.6 Å². The third-order valence-corrected chi connectivity index (χ3v) is 7.04. The first kappa shape index (κ1) is 23.8. The van der Waals surface area contributed by atoms with Crippen molar-refractivity contribution in [3.63, 3.8) is 0 Å². The van der Waals surface area contributed by atoms with Crippen molar-refractivity contribution in [2.24, 2.45) is 5.92 Å². The van der Waals surface area contributed by atoms with Crippen molar-refractivity contribution in [2.45, 2.75) is 40.7 Å². The Morgan fingerprint density at radius 3 is 2.47 bits per heavy atom. The summed E-state index contributed by atoms with van der Waals surface area (Å²) in [5.74, 6) is -0.379. The van der Waals surface area contributed by atoms with Gasteiger partial charge in [0, 0.05) is 16.1 Å². The second-order valence-corrected chi connectivity index (χ2v) is 10.1. The molecule has 1 atom stereocenters. The first-order chi connectivity index (χ1) is 16.2. The average molecular weight is 476 g/mol. The van der Waals surface area contributed by atoms with E-state index >= 15 is 0 Å². The van der Waals surface area contributed by atoms with Gasteiger partial charge in [0.05, 0.1) is 12.2 Å². The van der Waals surface area contributed by atoms with Gasteiger partial charge in [0.25, 0.3) is 11.7 Å². The van der Waals surface area contributed by atoms with E-state index in [1.165, 1.54) is 16.2 Å². The summed E-state index contributed by atoms with van der Waals surface area (Å²) in [5, 5.41) is 13.2. The molecule has 1 N–H and O–H groups in total. The fourth-order valence-corrected chi connectivity index (χ4v) is 4.99. The molecule has 3 aromatic rings. The maximum absolute atomic E-state index is 13.3. The number of carbonyl (C=O) groups is 2. The smallest absolute Gasteiger partial charge is 0.300 e. The molecule has 1 aromatic heterocycles. The van der Waals surface area contributed by atoms with E-state index in [4.69, 9.17) is 4.74 Å². The molecule has 1 aliphatic heterocycles. The summed E-state index contributed by atoms with van der Waals surface area (Å²) in [6.45, 7) is 10.6. The Balaban J connectivity index is 1.84. The molecule has 1 saturated heterocycles. The number of carbonyl (C=O) groups excluding carboxylic acids is 2. The van der Waals surface area contributed by atoms with Gasteiger partial charge in [-0.15, -0.1) is 11.3 Å². The highest BCUT2D eigenvalue weighted by atomic mass is 32.1. The Morgan fingerprint density at radius 2 is 1.82 bits per heavy atom. The number of aryl methyl sites for hydroxylation is 2. The van der Waals surface area contributed by atoms with Crippen molar-refractivity contribution < 1.29 is 19.4 Å². The Kier molecular flexibility index (Phi) is 6.62. The molecular formula is C28H29NO4S. The van der Waals surface area contributed by atoms with E-state index in [1.54, 1.807) is 18.2 Å².